The zero-order chi connectivity index (χ0) is 26.8. The second-order valence-electron chi connectivity index (χ2n) is 6.61. The van der Waals surface area contributed by atoms with E-state index < -0.39 is 23.9 Å². The summed E-state index contributed by atoms with van der Waals surface area (Å²) in [6.45, 7) is 0. The number of hydrogen-bond acceptors (Lipinski definition) is 8. The first-order chi connectivity index (χ1) is 17.2. The van der Waals surface area contributed by atoms with Crippen LogP contribution in [0.25, 0.3) is 0 Å². The molecule has 0 N–H and O–H groups in total. The Morgan fingerprint density at radius 3 is 0.541 bits per heavy atom. The molecule has 4 aromatic rings. The summed E-state index contributed by atoms with van der Waals surface area (Å²) >= 11 is 0. The molecule has 0 saturated heterocycles. The molecule has 0 amide bonds. The molecular weight excluding hydrogens is 672 g/mol. The van der Waals surface area contributed by atoms with Crippen molar-refractivity contribution in [3.05, 3.63) is 144 Å². The van der Waals surface area contributed by atoms with Gasteiger partial charge in [0.1, 0.15) is 0 Å². The second-order valence-corrected chi connectivity index (χ2v) is 6.61. The summed E-state index contributed by atoms with van der Waals surface area (Å²) < 4.78 is 0. The van der Waals surface area contributed by atoms with Gasteiger partial charge >= 0.3 is 0 Å². The molecule has 0 aliphatic rings. The molecular formula is C28H20O8Pb-4. The standard InChI is InChI=1S/4C7H6O2.Pb/c4*8-7(9)6-4-2-1-3-5-6;/h4*1-5H,(H,8,9);/p-4. The van der Waals surface area contributed by atoms with Gasteiger partial charge in [0, 0.05) is 27.3 Å². The predicted octanol–water partition coefficient (Wildman–Crippen LogP) is -0.180. The molecule has 0 heterocycles. The minimum Gasteiger partial charge on any atom is -0.545 e. The first-order valence-electron chi connectivity index (χ1n) is 10.3. The number of hydrogen-bond donors (Lipinski definition) is 0. The minimum atomic E-state index is -1.13. The molecule has 4 aromatic carbocycles. The van der Waals surface area contributed by atoms with Crippen LogP contribution in [0.5, 0.6) is 0 Å². The Morgan fingerprint density at radius 1 is 0.324 bits per heavy atom. The third-order valence-corrected chi connectivity index (χ3v) is 4.04. The summed E-state index contributed by atoms with van der Waals surface area (Å²) in [7, 11) is 0. The van der Waals surface area contributed by atoms with Crippen molar-refractivity contribution in [2.24, 2.45) is 0 Å². The van der Waals surface area contributed by atoms with Gasteiger partial charge in [0.15, 0.2) is 0 Å². The van der Waals surface area contributed by atoms with Crippen molar-refractivity contribution in [1.82, 2.24) is 0 Å². The Kier molecular flexibility index (Phi) is 16.7. The summed E-state index contributed by atoms with van der Waals surface area (Å²) in [5.74, 6) is -4.52. The fourth-order valence-electron chi connectivity index (χ4n) is 2.30. The third kappa shape index (κ3) is 14.6. The summed E-state index contributed by atoms with van der Waals surface area (Å²) in [4.78, 5) is 40.4. The van der Waals surface area contributed by atoms with Crippen LogP contribution in [-0.4, -0.2) is 51.2 Å². The molecule has 0 saturated carbocycles. The molecule has 0 spiro atoms. The number of carboxylic acid groups (broad SMARTS) is 4. The van der Waals surface area contributed by atoms with E-state index in [0.717, 1.165) is 0 Å². The smallest absolute Gasteiger partial charge is 0.0715 e. The van der Waals surface area contributed by atoms with Crippen LogP contribution in [0.2, 0.25) is 0 Å². The van der Waals surface area contributed by atoms with Gasteiger partial charge in [-0.05, 0) is 22.3 Å². The van der Waals surface area contributed by atoms with Gasteiger partial charge in [-0.25, -0.2) is 0 Å². The van der Waals surface area contributed by atoms with E-state index in [-0.39, 0.29) is 49.6 Å². The fourth-order valence-corrected chi connectivity index (χ4v) is 2.30. The molecule has 8 nitrogen and oxygen atoms in total. The van der Waals surface area contributed by atoms with Gasteiger partial charge in [-0.1, -0.05) is 121 Å². The quantitative estimate of drug-likeness (QED) is 0.267. The van der Waals surface area contributed by atoms with Crippen molar-refractivity contribution in [2.75, 3.05) is 0 Å². The Bertz CT molecular complexity index is 1020. The summed E-state index contributed by atoms with van der Waals surface area (Å²) in [5.41, 5.74) is 0.880. The van der Waals surface area contributed by atoms with E-state index in [1.54, 1.807) is 72.8 Å². The monoisotopic (exact) mass is 692 g/mol. The Balaban J connectivity index is 0.000000463. The molecule has 0 bridgehead atoms. The van der Waals surface area contributed by atoms with Crippen LogP contribution in [0.15, 0.2) is 121 Å². The maximum atomic E-state index is 10.1. The maximum Gasteiger partial charge on any atom is 0.0715 e. The van der Waals surface area contributed by atoms with E-state index in [2.05, 4.69) is 0 Å². The van der Waals surface area contributed by atoms with Crippen molar-refractivity contribution in [1.29, 1.82) is 0 Å². The van der Waals surface area contributed by atoms with E-state index in [0.29, 0.717) is 0 Å². The normalized spacial score (nSPS) is 8.65. The molecule has 0 unspecified atom stereocenters. The van der Waals surface area contributed by atoms with Crippen LogP contribution >= 0.6 is 0 Å². The van der Waals surface area contributed by atoms with Gasteiger partial charge in [0.2, 0.25) is 0 Å². The number of carbonyl (C=O) groups is 4. The minimum absolute atomic E-state index is 0. The average molecular weight is 692 g/mol. The number of aromatic carboxylic acids is 4. The predicted molar refractivity (Wildman–Crippen MR) is 129 cm³/mol. The van der Waals surface area contributed by atoms with Crippen LogP contribution in [0.3, 0.4) is 0 Å². The van der Waals surface area contributed by atoms with Gasteiger partial charge in [0.25, 0.3) is 0 Å². The average Bonchev–Trinajstić information content (AvgIpc) is 2.92. The molecule has 0 aliphatic heterocycles. The van der Waals surface area contributed by atoms with Crippen LogP contribution in [-0.2, 0) is 0 Å². The molecule has 0 atom stereocenters. The van der Waals surface area contributed by atoms with Crippen molar-refractivity contribution in [3.8, 4) is 0 Å². The van der Waals surface area contributed by atoms with Crippen molar-refractivity contribution in [2.45, 2.75) is 0 Å². The Morgan fingerprint density at radius 2 is 0.459 bits per heavy atom. The molecule has 0 fully saturated rings. The van der Waals surface area contributed by atoms with Crippen LogP contribution < -0.4 is 20.4 Å². The van der Waals surface area contributed by atoms with Crippen LogP contribution in [0, 0.1) is 0 Å². The molecule has 9 heteroatoms. The van der Waals surface area contributed by atoms with Gasteiger partial charge in [-0.3, -0.25) is 0 Å². The zero-order valence-corrected chi connectivity index (χ0v) is 23.2. The van der Waals surface area contributed by atoms with Crippen LogP contribution in [0.1, 0.15) is 41.4 Å². The first kappa shape index (κ1) is 32.7. The van der Waals surface area contributed by atoms with Gasteiger partial charge in [-0.15, -0.1) is 0 Å². The molecule has 188 valence electrons. The van der Waals surface area contributed by atoms with E-state index >= 15 is 0 Å². The van der Waals surface area contributed by atoms with Gasteiger partial charge in [-0.2, -0.15) is 0 Å². The number of rotatable bonds is 4. The van der Waals surface area contributed by atoms with Crippen molar-refractivity contribution < 1.29 is 39.6 Å². The van der Waals surface area contributed by atoms with E-state index in [4.69, 9.17) is 0 Å². The van der Waals surface area contributed by atoms with E-state index in [9.17, 15) is 39.6 Å². The molecule has 4 rings (SSSR count). The summed E-state index contributed by atoms with van der Waals surface area (Å²) in [6, 6.07) is 32.3. The zero-order valence-electron chi connectivity index (χ0n) is 19.3. The van der Waals surface area contributed by atoms with Gasteiger partial charge < -0.3 is 39.6 Å². The van der Waals surface area contributed by atoms with Gasteiger partial charge in [0.05, 0.1) is 23.9 Å². The van der Waals surface area contributed by atoms with E-state index in [1.165, 1.54) is 48.5 Å². The summed E-state index contributed by atoms with van der Waals surface area (Å²) in [6.07, 6.45) is 0. The maximum absolute atomic E-state index is 10.1. The van der Waals surface area contributed by atoms with E-state index in [1.807, 2.05) is 0 Å². The number of carboxylic acids is 4. The second kappa shape index (κ2) is 18.9. The largest absolute Gasteiger partial charge is 0.545 e. The SMILES string of the molecule is O=C([O-])c1ccccc1.O=C([O-])c1ccccc1.O=C([O-])c1ccccc1.O=C([O-])c1ccccc1.[Pb]. The number of carbonyl (C=O) groups excluding carboxylic acids is 4. The molecule has 37 heavy (non-hydrogen) atoms. The molecule has 4 radical (unpaired) electrons. The Hall–Kier alpha value is -4.32. The third-order valence-electron chi connectivity index (χ3n) is 4.04. The summed E-state index contributed by atoms with van der Waals surface area (Å²) in [5, 5.41) is 40.4. The number of benzene rings is 4. The molecule has 0 aliphatic carbocycles. The topological polar surface area (TPSA) is 161 Å². The molecule has 0 aromatic heterocycles. The van der Waals surface area contributed by atoms with Crippen molar-refractivity contribution in [3.63, 3.8) is 0 Å². The van der Waals surface area contributed by atoms with Crippen LogP contribution in [0.4, 0.5) is 0 Å². The first-order valence-corrected chi connectivity index (χ1v) is 10.3. The fraction of sp³-hybridized carbons (Fsp3) is 0. The Labute approximate surface area is 233 Å². The van der Waals surface area contributed by atoms with Crippen molar-refractivity contribution >= 4 is 51.2 Å².